The van der Waals surface area contributed by atoms with E-state index in [1.54, 1.807) is 32.0 Å². The second-order valence-electron chi connectivity index (χ2n) is 6.53. The summed E-state index contributed by atoms with van der Waals surface area (Å²) in [6.45, 7) is 5.38. The van der Waals surface area contributed by atoms with Crippen LogP contribution in [0.1, 0.15) is 40.0 Å². The number of ether oxygens (including phenoxy) is 1. The minimum absolute atomic E-state index is 0.0175. The van der Waals surface area contributed by atoms with E-state index in [0.29, 0.717) is 24.3 Å². The van der Waals surface area contributed by atoms with Gasteiger partial charge in [0.05, 0.1) is 5.69 Å². The molecule has 0 bridgehead atoms. The Labute approximate surface area is 147 Å². The minimum Gasteiger partial charge on any atom is -0.480 e. The standard InChI is InChI=1S/C18H24N2O5/c1-4-7-12(16(22)23)19-15(21)10-11-20-13-8-5-6-9-14(13)25-18(2,3)17(20)24/h5-6,8-9,12H,4,7,10-11H2,1-3H3,(H,19,21)(H,22,23). The maximum atomic E-state index is 12.6. The number of fused-ring (bicyclic) bond motifs is 1. The van der Waals surface area contributed by atoms with Gasteiger partial charge in [0.2, 0.25) is 5.91 Å². The van der Waals surface area contributed by atoms with Gasteiger partial charge in [0.1, 0.15) is 11.8 Å². The maximum Gasteiger partial charge on any atom is 0.326 e. The van der Waals surface area contributed by atoms with Crippen molar-refractivity contribution in [2.75, 3.05) is 11.4 Å². The molecule has 0 spiro atoms. The van der Waals surface area contributed by atoms with E-state index in [1.165, 1.54) is 4.90 Å². The third-order valence-electron chi connectivity index (χ3n) is 4.05. The van der Waals surface area contributed by atoms with Gasteiger partial charge < -0.3 is 20.1 Å². The summed E-state index contributed by atoms with van der Waals surface area (Å²) in [6.07, 6.45) is 1.04. The van der Waals surface area contributed by atoms with Gasteiger partial charge in [0.15, 0.2) is 5.60 Å². The molecule has 7 heteroatoms. The molecule has 1 aliphatic rings. The zero-order valence-corrected chi connectivity index (χ0v) is 14.7. The number of nitrogens with one attached hydrogen (secondary N) is 1. The Kier molecular flexibility index (Phi) is 5.66. The fourth-order valence-electron chi connectivity index (χ4n) is 2.77. The summed E-state index contributed by atoms with van der Waals surface area (Å²) in [6, 6.07) is 6.25. The van der Waals surface area contributed by atoms with E-state index >= 15 is 0 Å². The normalized spacial score (nSPS) is 16.6. The third kappa shape index (κ3) is 4.29. The van der Waals surface area contributed by atoms with Crippen molar-refractivity contribution in [1.82, 2.24) is 5.32 Å². The highest BCUT2D eigenvalue weighted by Gasteiger charge is 2.40. The van der Waals surface area contributed by atoms with Crippen LogP contribution in [0.4, 0.5) is 5.69 Å². The topological polar surface area (TPSA) is 95.9 Å². The Morgan fingerprint density at radius 1 is 1.32 bits per heavy atom. The lowest BCUT2D eigenvalue weighted by Gasteiger charge is -2.38. The molecule has 1 atom stereocenters. The Hall–Kier alpha value is -2.57. The first-order valence-corrected chi connectivity index (χ1v) is 8.38. The number of aliphatic carboxylic acids is 1. The summed E-state index contributed by atoms with van der Waals surface area (Å²) < 4.78 is 5.73. The molecular formula is C18H24N2O5. The zero-order valence-electron chi connectivity index (χ0n) is 14.7. The van der Waals surface area contributed by atoms with Crippen molar-refractivity contribution in [3.8, 4) is 5.75 Å². The van der Waals surface area contributed by atoms with Gasteiger partial charge >= 0.3 is 5.97 Å². The summed E-state index contributed by atoms with van der Waals surface area (Å²) in [4.78, 5) is 37.4. The largest absolute Gasteiger partial charge is 0.480 e. The molecule has 1 aliphatic heterocycles. The molecule has 2 amide bonds. The Morgan fingerprint density at radius 2 is 2.00 bits per heavy atom. The van der Waals surface area contributed by atoms with Crippen molar-refractivity contribution < 1.29 is 24.2 Å². The molecule has 0 saturated carbocycles. The summed E-state index contributed by atoms with van der Waals surface area (Å²) in [5, 5.41) is 11.6. The van der Waals surface area contributed by atoms with Gasteiger partial charge in [0, 0.05) is 13.0 Å². The fraction of sp³-hybridized carbons (Fsp3) is 0.500. The van der Waals surface area contributed by atoms with Crippen molar-refractivity contribution in [2.24, 2.45) is 0 Å². The first-order chi connectivity index (χ1) is 11.8. The van der Waals surface area contributed by atoms with Crippen LogP contribution in [0, 0.1) is 0 Å². The molecular weight excluding hydrogens is 324 g/mol. The summed E-state index contributed by atoms with van der Waals surface area (Å²) in [5.74, 6) is -1.09. The quantitative estimate of drug-likeness (QED) is 0.785. The lowest BCUT2D eigenvalue weighted by atomic mass is 10.0. The number of carboxylic acids is 1. The Balaban J connectivity index is 2.07. The monoisotopic (exact) mass is 348 g/mol. The maximum absolute atomic E-state index is 12.6. The highest BCUT2D eigenvalue weighted by molar-refractivity contribution is 6.02. The number of para-hydroxylation sites is 2. The predicted octanol–water partition coefficient (Wildman–Crippen LogP) is 1.95. The lowest BCUT2D eigenvalue weighted by Crippen LogP contribution is -2.53. The van der Waals surface area contributed by atoms with Gasteiger partial charge in [-0.15, -0.1) is 0 Å². The molecule has 1 aromatic carbocycles. The van der Waals surface area contributed by atoms with Crippen LogP contribution >= 0.6 is 0 Å². The van der Waals surface area contributed by atoms with E-state index in [0.717, 1.165) is 0 Å². The van der Waals surface area contributed by atoms with Crippen LogP contribution in [-0.4, -0.2) is 41.1 Å². The second kappa shape index (κ2) is 7.55. The average molecular weight is 348 g/mol. The highest BCUT2D eigenvalue weighted by Crippen LogP contribution is 2.37. The number of benzene rings is 1. The highest BCUT2D eigenvalue weighted by atomic mass is 16.5. The van der Waals surface area contributed by atoms with Crippen molar-refractivity contribution >= 4 is 23.5 Å². The van der Waals surface area contributed by atoms with E-state index < -0.39 is 23.5 Å². The molecule has 136 valence electrons. The minimum atomic E-state index is -1.05. The second-order valence-corrected chi connectivity index (χ2v) is 6.53. The Morgan fingerprint density at radius 3 is 2.64 bits per heavy atom. The van der Waals surface area contributed by atoms with Crippen molar-refractivity contribution in [3.63, 3.8) is 0 Å². The van der Waals surface area contributed by atoms with Crippen LogP contribution in [0.3, 0.4) is 0 Å². The third-order valence-corrected chi connectivity index (χ3v) is 4.05. The van der Waals surface area contributed by atoms with Crippen LogP contribution in [0.2, 0.25) is 0 Å². The van der Waals surface area contributed by atoms with Gasteiger partial charge in [-0.1, -0.05) is 25.5 Å². The molecule has 0 aliphatic carbocycles. The molecule has 0 aromatic heterocycles. The van der Waals surface area contributed by atoms with Crippen LogP contribution in [0.15, 0.2) is 24.3 Å². The summed E-state index contributed by atoms with van der Waals surface area (Å²) in [7, 11) is 0. The van der Waals surface area contributed by atoms with E-state index in [-0.39, 0.29) is 18.9 Å². The average Bonchev–Trinajstić information content (AvgIpc) is 2.54. The number of rotatable bonds is 7. The van der Waals surface area contributed by atoms with E-state index in [1.807, 2.05) is 13.0 Å². The Bertz CT molecular complexity index is 671. The van der Waals surface area contributed by atoms with Crippen LogP contribution in [0.5, 0.6) is 5.75 Å². The van der Waals surface area contributed by atoms with Crippen LogP contribution in [0.25, 0.3) is 0 Å². The molecule has 2 N–H and O–H groups in total. The van der Waals surface area contributed by atoms with Crippen LogP contribution in [-0.2, 0) is 14.4 Å². The molecule has 25 heavy (non-hydrogen) atoms. The first kappa shape index (κ1) is 18.8. The number of carbonyl (C=O) groups excluding carboxylic acids is 2. The number of carbonyl (C=O) groups is 3. The molecule has 0 fully saturated rings. The van der Waals surface area contributed by atoms with Gasteiger partial charge in [0.25, 0.3) is 5.91 Å². The first-order valence-electron chi connectivity index (χ1n) is 8.38. The van der Waals surface area contributed by atoms with Gasteiger partial charge in [-0.05, 0) is 32.4 Å². The summed E-state index contributed by atoms with van der Waals surface area (Å²) in [5.41, 5.74) is -0.403. The molecule has 2 rings (SSSR count). The molecule has 1 unspecified atom stereocenters. The van der Waals surface area contributed by atoms with Crippen molar-refractivity contribution in [2.45, 2.75) is 51.7 Å². The van der Waals surface area contributed by atoms with Crippen molar-refractivity contribution in [3.05, 3.63) is 24.3 Å². The SMILES string of the molecule is CCCC(NC(=O)CCN1C(=O)C(C)(C)Oc2ccccc21)C(=O)O. The zero-order chi connectivity index (χ0) is 18.6. The number of amides is 2. The van der Waals surface area contributed by atoms with E-state index in [4.69, 9.17) is 9.84 Å². The smallest absolute Gasteiger partial charge is 0.326 e. The van der Waals surface area contributed by atoms with Gasteiger partial charge in [-0.25, -0.2) is 4.79 Å². The van der Waals surface area contributed by atoms with E-state index in [2.05, 4.69) is 5.32 Å². The molecule has 1 heterocycles. The predicted molar refractivity (Wildman–Crippen MR) is 92.6 cm³/mol. The van der Waals surface area contributed by atoms with E-state index in [9.17, 15) is 14.4 Å². The fourth-order valence-corrected chi connectivity index (χ4v) is 2.77. The number of carboxylic acid groups (broad SMARTS) is 1. The number of anilines is 1. The number of hydrogen-bond donors (Lipinski definition) is 2. The molecule has 1 aromatic rings. The molecule has 7 nitrogen and oxygen atoms in total. The number of hydrogen-bond acceptors (Lipinski definition) is 4. The molecule has 0 saturated heterocycles. The molecule has 0 radical (unpaired) electrons. The number of nitrogens with zero attached hydrogens (tertiary/aromatic N) is 1. The van der Waals surface area contributed by atoms with Gasteiger partial charge in [-0.3, -0.25) is 9.59 Å². The summed E-state index contributed by atoms with van der Waals surface area (Å²) >= 11 is 0. The van der Waals surface area contributed by atoms with Gasteiger partial charge in [-0.2, -0.15) is 0 Å². The lowest BCUT2D eigenvalue weighted by molar-refractivity contribution is -0.142. The van der Waals surface area contributed by atoms with Crippen LogP contribution < -0.4 is 15.0 Å². The van der Waals surface area contributed by atoms with Crippen molar-refractivity contribution in [1.29, 1.82) is 0 Å².